The summed E-state index contributed by atoms with van der Waals surface area (Å²) in [6.07, 6.45) is 1.98. The third-order valence-electron chi connectivity index (χ3n) is 3.07. The van der Waals surface area contributed by atoms with Crippen LogP contribution in [0.3, 0.4) is 0 Å². The number of nitrogens with one attached hydrogen (secondary N) is 1. The van der Waals surface area contributed by atoms with E-state index in [-0.39, 0.29) is 6.61 Å². The lowest BCUT2D eigenvalue weighted by molar-refractivity contribution is -0.148. The summed E-state index contributed by atoms with van der Waals surface area (Å²) in [5.74, 6) is -0.906. The van der Waals surface area contributed by atoms with Gasteiger partial charge in [-0.2, -0.15) is 0 Å². The maximum absolute atomic E-state index is 11.7. The largest absolute Gasteiger partial charge is 0.480 e. The smallest absolute Gasteiger partial charge is 0.331 e. The van der Waals surface area contributed by atoms with Crippen molar-refractivity contribution in [2.45, 2.75) is 32.2 Å². The van der Waals surface area contributed by atoms with Crippen LogP contribution in [0, 0.1) is 0 Å². The lowest BCUT2D eigenvalue weighted by atomic mass is 9.90. The van der Waals surface area contributed by atoms with Gasteiger partial charge in [0.15, 0.2) is 5.54 Å². The molecule has 0 amide bonds. The molecule has 4 heteroatoms. The van der Waals surface area contributed by atoms with E-state index in [0.29, 0.717) is 13.2 Å². The fourth-order valence-electron chi connectivity index (χ4n) is 1.99. The Morgan fingerprint density at radius 1 is 1.32 bits per heavy atom. The Morgan fingerprint density at radius 3 is 2.53 bits per heavy atom. The molecule has 1 rings (SSSR count). The standard InChI is InChI=1S/C15H23NO3/c1-3-5-11-19-12-15(14(17)18,16-4-2)13-9-7-6-8-10-13/h6-10,16H,3-5,11-12H2,1-2H3,(H,17,18). The van der Waals surface area contributed by atoms with E-state index >= 15 is 0 Å². The molecule has 0 saturated carbocycles. The number of carboxylic acids is 1. The molecular weight excluding hydrogens is 242 g/mol. The van der Waals surface area contributed by atoms with Crippen molar-refractivity contribution in [2.75, 3.05) is 19.8 Å². The van der Waals surface area contributed by atoms with Crippen LogP contribution in [-0.2, 0) is 15.1 Å². The van der Waals surface area contributed by atoms with Crippen LogP contribution in [0.4, 0.5) is 0 Å². The normalized spacial score (nSPS) is 14.0. The summed E-state index contributed by atoms with van der Waals surface area (Å²) in [5, 5.41) is 12.7. The van der Waals surface area contributed by atoms with Crippen molar-refractivity contribution in [3.05, 3.63) is 35.9 Å². The minimum absolute atomic E-state index is 0.139. The van der Waals surface area contributed by atoms with E-state index in [1.807, 2.05) is 37.3 Å². The number of benzene rings is 1. The van der Waals surface area contributed by atoms with E-state index in [9.17, 15) is 9.90 Å². The minimum atomic E-state index is -1.16. The van der Waals surface area contributed by atoms with Gasteiger partial charge in [0.1, 0.15) is 0 Å². The number of rotatable bonds is 9. The highest BCUT2D eigenvalue weighted by Crippen LogP contribution is 2.22. The first-order valence-corrected chi connectivity index (χ1v) is 6.79. The van der Waals surface area contributed by atoms with Gasteiger partial charge in [-0.05, 0) is 18.5 Å². The molecule has 0 heterocycles. The first kappa shape index (κ1) is 15.7. The van der Waals surface area contributed by atoms with Crippen molar-refractivity contribution in [3.63, 3.8) is 0 Å². The van der Waals surface area contributed by atoms with Crippen molar-refractivity contribution in [1.29, 1.82) is 0 Å². The van der Waals surface area contributed by atoms with E-state index in [4.69, 9.17) is 4.74 Å². The summed E-state index contributed by atoms with van der Waals surface area (Å²) >= 11 is 0. The van der Waals surface area contributed by atoms with Crippen LogP contribution in [-0.4, -0.2) is 30.8 Å². The molecule has 19 heavy (non-hydrogen) atoms. The number of hydrogen-bond donors (Lipinski definition) is 2. The molecule has 1 unspecified atom stereocenters. The Bertz CT molecular complexity index is 380. The first-order chi connectivity index (χ1) is 9.17. The van der Waals surface area contributed by atoms with Gasteiger partial charge in [-0.3, -0.25) is 5.32 Å². The summed E-state index contributed by atoms with van der Waals surface area (Å²) in [6, 6.07) is 9.20. The highest BCUT2D eigenvalue weighted by atomic mass is 16.5. The maximum Gasteiger partial charge on any atom is 0.331 e. The Hall–Kier alpha value is -1.39. The highest BCUT2D eigenvalue weighted by molar-refractivity contribution is 5.81. The van der Waals surface area contributed by atoms with Crippen LogP contribution < -0.4 is 5.32 Å². The minimum Gasteiger partial charge on any atom is -0.480 e. The zero-order valence-electron chi connectivity index (χ0n) is 11.7. The van der Waals surface area contributed by atoms with Gasteiger partial charge in [-0.1, -0.05) is 50.6 Å². The third-order valence-corrected chi connectivity index (χ3v) is 3.07. The van der Waals surface area contributed by atoms with Crippen LogP contribution >= 0.6 is 0 Å². The monoisotopic (exact) mass is 265 g/mol. The molecule has 2 N–H and O–H groups in total. The van der Waals surface area contributed by atoms with Gasteiger partial charge in [-0.15, -0.1) is 0 Å². The van der Waals surface area contributed by atoms with Crippen molar-refractivity contribution in [2.24, 2.45) is 0 Å². The Kier molecular flexibility index (Phi) is 6.53. The average Bonchev–Trinajstić information content (AvgIpc) is 2.43. The van der Waals surface area contributed by atoms with Gasteiger partial charge >= 0.3 is 5.97 Å². The Balaban J connectivity index is 2.91. The van der Waals surface area contributed by atoms with Gasteiger partial charge in [0.2, 0.25) is 0 Å². The van der Waals surface area contributed by atoms with E-state index in [0.717, 1.165) is 18.4 Å². The van der Waals surface area contributed by atoms with E-state index in [2.05, 4.69) is 12.2 Å². The molecule has 0 spiro atoms. The lowest BCUT2D eigenvalue weighted by Crippen LogP contribution is -2.52. The number of likely N-dealkylation sites (N-methyl/N-ethyl adjacent to an activating group) is 1. The summed E-state index contributed by atoms with van der Waals surface area (Å²) in [6.45, 7) is 5.27. The van der Waals surface area contributed by atoms with Crippen molar-refractivity contribution < 1.29 is 14.6 Å². The predicted molar refractivity (Wildman–Crippen MR) is 75.2 cm³/mol. The molecule has 4 nitrogen and oxygen atoms in total. The van der Waals surface area contributed by atoms with Gasteiger partial charge in [0.05, 0.1) is 6.61 Å². The molecule has 1 aromatic rings. The van der Waals surface area contributed by atoms with E-state index in [1.165, 1.54) is 0 Å². The number of carbonyl (C=O) groups is 1. The molecule has 0 radical (unpaired) electrons. The predicted octanol–water partition coefficient (Wildman–Crippen LogP) is 2.39. The van der Waals surface area contributed by atoms with Crippen LogP contribution in [0.15, 0.2) is 30.3 Å². The highest BCUT2D eigenvalue weighted by Gasteiger charge is 2.39. The second-order valence-corrected chi connectivity index (χ2v) is 4.51. The first-order valence-electron chi connectivity index (χ1n) is 6.79. The van der Waals surface area contributed by atoms with Crippen LogP contribution in [0.5, 0.6) is 0 Å². The third kappa shape index (κ3) is 4.04. The molecule has 0 saturated heterocycles. The van der Waals surface area contributed by atoms with Crippen LogP contribution in [0.25, 0.3) is 0 Å². The second kappa shape index (κ2) is 7.92. The Labute approximate surface area is 114 Å². The van der Waals surface area contributed by atoms with Crippen LogP contribution in [0.2, 0.25) is 0 Å². The number of hydrogen-bond acceptors (Lipinski definition) is 3. The van der Waals surface area contributed by atoms with E-state index in [1.54, 1.807) is 0 Å². The molecule has 0 aliphatic carbocycles. The second-order valence-electron chi connectivity index (χ2n) is 4.51. The summed E-state index contributed by atoms with van der Waals surface area (Å²) in [5.41, 5.74) is -0.440. The summed E-state index contributed by atoms with van der Waals surface area (Å²) in [7, 11) is 0. The summed E-state index contributed by atoms with van der Waals surface area (Å²) in [4.78, 5) is 11.7. The molecular formula is C15H23NO3. The summed E-state index contributed by atoms with van der Waals surface area (Å²) < 4.78 is 5.56. The van der Waals surface area contributed by atoms with Crippen molar-refractivity contribution in [3.8, 4) is 0 Å². The number of ether oxygens (including phenoxy) is 1. The van der Waals surface area contributed by atoms with Gasteiger partial charge in [0.25, 0.3) is 0 Å². The molecule has 0 fully saturated rings. The number of carboxylic acid groups (broad SMARTS) is 1. The van der Waals surface area contributed by atoms with E-state index < -0.39 is 11.5 Å². The quantitative estimate of drug-likeness (QED) is 0.673. The molecule has 1 aromatic carbocycles. The average molecular weight is 265 g/mol. The van der Waals surface area contributed by atoms with Gasteiger partial charge in [0, 0.05) is 6.61 Å². The zero-order valence-corrected chi connectivity index (χ0v) is 11.7. The van der Waals surface area contributed by atoms with Crippen LogP contribution in [0.1, 0.15) is 32.3 Å². The fraction of sp³-hybridized carbons (Fsp3) is 0.533. The number of unbranched alkanes of at least 4 members (excludes halogenated alkanes) is 1. The topological polar surface area (TPSA) is 58.6 Å². The maximum atomic E-state index is 11.7. The molecule has 0 aliphatic heterocycles. The fourth-order valence-corrected chi connectivity index (χ4v) is 1.99. The molecule has 0 aromatic heterocycles. The zero-order chi connectivity index (χ0) is 14.1. The molecule has 1 atom stereocenters. The Morgan fingerprint density at radius 2 is 2.00 bits per heavy atom. The molecule has 0 aliphatic rings. The van der Waals surface area contributed by atoms with Crippen molar-refractivity contribution in [1.82, 2.24) is 5.32 Å². The lowest BCUT2D eigenvalue weighted by Gasteiger charge is -2.30. The number of aliphatic carboxylic acids is 1. The van der Waals surface area contributed by atoms with Crippen molar-refractivity contribution >= 4 is 5.97 Å². The van der Waals surface area contributed by atoms with Gasteiger partial charge < -0.3 is 9.84 Å². The molecule has 106 valence electrons. The SMILES string of the molecule is CCCCOCC(NCC)(C(=O)O)c1ccccc1. The molecule has 0 bridgehead atoms. The van der Waals surface area contributed by atoms with Gasteiger partial charge in [-0.25, -0.2) is 4.79 Å².